The number of benzene rings is 1. The van der Waals surface area contributed by atoms with Crippen LogP contribution in [0.15, 0.2) is 36.5 Å². The zero-order valence-corrected chi connectivity index (χ0v) is 23.9. The molecule has 1 saturated carbocycles. The number of nitrogens with zero attached hydrogens (tertiary/aromatic N) is 5. The summed E-state index contributed by atoms with van der Waals surface area (Å²) < 4.78 is 74.8. The Labute approximate surface area is 243 Å². The largest absolute Gasteiger partial charge is 0.401 e. The van der Waals surface area contributed by atoms with Gasteiger partial charge in [0.2, 0.25) is 5.91 Å². The molecule has 3 aliphatic rings. The van der Waals surface area contributed by atoms with Crippen LogP contribution in [0.5, 0.6) is 0 Å². The molecule has 1 amide bonds. The maximum atomic E-state index is 15.2. The molecule has 1 saturated heterocycles. The molecule has 3 aromatic rings. The number of alkyl halides is 5. The van der Waals surface area contributed by atoms with Gasteiger partial charge in [-0.05, 0) is 51.4 Å². The molecular weight excluding hydrogens is 583 g/mol. The lowest BCUT2D eigenvalue weighted by molar-refractivity contribution is -0.181. The van der Waals surface area contributed by atoms with Gasteiger partial charge in [0.25, 0.3) is 5.92 Å². The molecule has 0 bridgehead atoms. The minimum Gasteiger partial charge on any atom is -0.388 e. The number of nitrogens with one attached hydrogen (secondary N) is 1. The smallest absolute Gasteiger partial charge is 0.388 e. The van der Waals surface area contributed by atoms with Crippen molar-refractivity contribution in [2.45, 2.75) is 55.7 Å². The number of carbonyl (C=O) groups is 1. The number of aliphatic hydroxyl groups is 1. The fourth-order valence-electron chi connectivity index (χ4n) is 6.38. The van der Waals surface area contributed by atoms with Gasteiger partial charge in [0.15, 0.2) is 10.8 Å². The van der Waals surface area contributed by atoms with Crippen LogP contribution in [0.2, 0.25) is 5.15 Å². The average molecular weight is 613 g/mol. The number of hydrogen-bond donors (Lipinski definition) is 2. The second-order valence-corrected chi connectivity index (χ2v) is 12.6. The fourth-order valence-corrected chi connectivity index (χ4v) is 6.56. The Morgan fingerprint density at radius 2 is 1.81 bits per heavy atom. The highest BCUT2D eigenvalue weighted by atomic mass is 35.5. The number of likely N-dealkylation sites (tertiary alicyclic amines) is 1. The van der Waals surface area contributed by atoms with Crippen LogP contribution in [0.1, 0.15) is 43.9 Å². The first kappa shape index (κ1) is 29.1. The van der Waals surface area contributed by atoms with Crippen molar-refractivity contribution in [1.29, 1.82) is 0 Å². The van der Waals surface area contributed by atoms with Gasteiger partial charge in [-0.25, -0.2) is 18.3 Å². The molecular formula is C28H30ClF5N6O2. The molecule has 0 radical (unpaired) electrons. The van der Waals surface area contributed by atoms with E-state index in [0.717, 1.165) is 11.4 Å². The number of piperidine rings is 1. The van der Waals surface area contributed by atoms with Crippen molar-refractivity contribution in [3.05, 3.63) is 52.9 Å². The third kappa shape index (κ3) is 4.18. The Bertz CT molecular complexity index is 1550. The van der Waals surface area contributed by atoms with Gasteiger partial charge < -0.3 is 20.2 Å². The summed E-state index contributed by atoms with van der Waals surface area (Å²) in [6, 6.07) is 7.13. The minimum atomic E-state index is -4.64. The number of hydrogen-bond acceptors (Lipinski definition) is 6. The van der Waals surface area contributed by atoms with Crippen molar-refractivity contribution in [1.82, 2.24) is 24.8 Å². The molecule has 0 unspecified atom stereocenters. The Kier molecular flexibility index (Phi) is 6.39. The minimum absolute atomic E-state index is 0.00109. The first-order valence-corrected chi connectivity index (χ1v) is 14.0. The molecule has 42 heavy (non-hydrogen) atoms. The van der Waals surface area contributed by atoms with E-state index >= 15 is 8.78 Å². The molecule has 1 aliphatic carbocycles. The molecule has 8 nitrogen and oxygen atoms in total. The number of rotatable bonds is 5. The summed E-state index contributed by atoms with van der Waals surface area (Å²) in [4.78, 5) is 20.7. The fraction of sp³-hybridized carbons (Fsp3) is 0.536. The molecule has 2 aliphatic heterocycles. The van der Waals surface area contributed by atoms with Crippen molar-refractivity contribution in [2.24, 2.45) is 5.41 Å². The van der Waals surface area contributed by atoms with Gasteiger partial charge in [0, 0.05) is 37.9 Å². The summed E-state index contributed by atoms with van der Waals surface area (Å²) in [6.45, 7) is 2.93. The second kappa shape index (κ2) is 9.23. The summed E-state index contributed by atoms with van der Waals surface area (Å²) in [6.07, 6.45) is -2.48. The molecule has 226 valence electrons. The van der Waals surface area contributed by atoms with Crippen LogP contribution in [0.4, 0.5) is 33.3 Å². The molecule has 4 heterocycles. The summed E-state index contributed by atoms with van der Waals surface area (Å²) in [5.41, 5.74) is -4.77. The molecule has 1 aromatic carbocycles. The van der Waals surface area contributed by atoms with Crippen LogP contribution in [-0.4, -0.2) is 81.4 Å². The standard InChI is InChI=1S/C28H30ClF5N6O2/c1-24(28(32,33)34)15-39(18-13-35-20-12-19(29)37-40(20)22(18)24)17-6-4-16(5-7-17)21-25(2,27(21,30)31)23(41)36-14-26(42)8-10-38(3)11-9-26/h4-7,12-13,21,42H,8-11,14-15H2,1-3H3,(H,36,41)/t21-,24-,25+/m1/s1. The Balaban J connectivity index is 1.25. The maximum Gasteiger partial charge on any atom is 0.401 e. The summed E-state index contributed by atoms with van der Waals surface area (Å²) in [7, 11) is 1.92. The van der Waals surface area contributed by atoms with Gasteiger partial charge in [-0.1, -0.05) is 23.7 Å². The highest BCUT2D eigenvalue weighted by Gasteiger charge is 2.82. The number of amides is 1. The van der Waals surface area contributed by atoms with Crippen LogP contribution in [0, 0.1) is 5.41 Å². The first-order valence-electron chi connectivity index (χ1n) is 13.6. The van der Waals surface area contributed by atoms with Gasteiger partial charge >= 0.3 is 6.18 Å². The van der Waals surface area contributed by atoms with E-state index in [-0.39, 0.29) is 34.3 Å². The van der Waals surface area contributed by atoms with E-state index in [2.05, 4.69) is 15.4 Å². The summed E-state index contributed by atoms with van der Waals surface area (Å²) in [5.74, 6) is -5.63. The Hall–Kier alpha value is -3.03. The highest BCUT2D eigenvalue weighted by molar-refractivity contribution is 6.29. The highest BCUT2D eigenvalue weighted by Crippen LogP contribution is 2.71. The zero-order chi connectivity index (χ0) is 30.5. The quantitative estimate of drug-likeness (QED) is 0.408. The van der Waals surface area contributed by atoms with Crippen molar-refractivity contribution in [2.75, 3.05) is 38.1 Å². The predicted octanol–water partition coefficient (Wildman–Crippen LogP) is 4.67. The van der Waals surface area contributed by atoms with Gasteiger partial charge in [-0.15, -0.1) is 0 Å². The number of aromatic nitrogens is 3. The van der Waals surface area contributed by atoms with Crippen molar-refractivity contribution < 1.29 is 31.9 Å². The lowest BCUT2D eigenvalue weighted by atomic mass is 9.87. The lowest BCUT2D eigenvalue weighted by Gasteiger charge is -2.36. The molecule has 14 heteroatoms. The van der Waals surface area contributed by atoms with E-state index in [1.54, 1.807) is 0 Å². The van der Waals surface area contributed by atoms with Gasteiger partial charge in [-0.2, -0.15) is 18.3 Å². The summed E-state index contributed by atoms with van der Waals surface area (Å²) in [5, 5.41) is 17.3. The lowest BCUT2D eigenvalue weighted by Crippen LogP contribution is -2.51. The predicted molar refractivity (Wildman–Crippen MR) is 145 cm³/mol. The topological polar surface area (TPSA) is 86.0 Å². The van der Waals surface area contributed by atoms with Gasteiger partial charge in [0.1, 0.15) is 10.8 Å². The monoisotopic (exact) mass is 612 g/mol. The van der Waals surface area contributed by atoms with E-state index in [1.807, 2.05) is 11.9 Å². The van der Waals surface area contributed by atoms with Crippen molar-refractivity contribution >= 4 is 34.5 Å². The van der Waals surface area contributed by atoms with Crippen molar-refractivity contribution in [3.63, 3.8) is 0 Å². The molecule has 6 rings (SSSR count). The number of anilines is 2. The van der Waals surface area contributed by atoms with Crippen LogP contribution in [0.3, 0.4) is 0 Å². The van der Waals surface area contributed by atoms with Crippen molar-refractivity contribution in [3.8, 4) is 0 Å². The van der Waals surface area contributed by atoms with E-state index in [4.69, 9.17) is 11.6 Å². The Morgan fingerprint density at radius 1 is 1.17 bits per heavy atom. The van der Waals surface area contributed by atoms with Gasteiger partial charge in [-0.3, -0.25) is 4.79 Å². The van der Waals surface area contributed by atoms with Crippen LogP contribution in [0.25, 0.3) is 5.65 Å². The SMILES string of the molecule is CN1CCC(O)(CNC(=O)[C@]2(C)[C@@H](c3ccc(N4C[C@@](C)(C(F)(F)F)c5c4cnc4cc(Cl)nn54)cc3)C2(F)F)CC1. The van der Waals surface area contributed by atoms with E-state index in [0.29, 0.717) is 31.6 Å². The molecule has 2 N–H and O–H groups in total. The number of fused-ring (bicyclic) bond motifs is 3. The van der Waals surface area contributed by atoms with Crippen LogP contribution in [-0.2, 0) is 10.2 Å². The first-order chi connectivity index (χ1) is 19.5. The van der Waals surface area contributed by atoms with Crippen LogP contribution < -0.4 is 10.2 Å². The van der Waals surface area contributed by atoms with E-state index in [9.17, 15) is 23.1 Å². The second-order valence-electron chi connectivity index (χ2n) is 12.2. The zero-order valence-electron chi connectivity index (χ0n) is 23.1. The Morgan fingerprint density at radius 3 is 2.43 bits per heavy atom. The molecule has 3 atom stereocenters. The van der Waals surface area contributed by atoms with E-state index in [1.165, 1.54) is 48.4 Å². The molecule has 2 aromatic heterocycles. The van der Waals surface area contributed by atoms with E-state index < -0.39 is 46.9 Å². The van der Waals surface area contributed by atoms with Gasteiger partial charge in [0.05, 0.1) is 29.1 Å². The molecule has 2 fully saturated rings. The summed E-state index contributed by atoms with van der Waals surface area (Å²) >= 11 is 5.97. The number of carbonyl (C=O) groups excluding carboxylic acids is 1. The number of halogens is 6. The molecule has 0 spiro atoms. The average Bonchev–Trinajstić information content (AvgIpc) is 3.20. The van der Waals surface area contributed by atoms with Crippen LogP contribution >= 0.6 is 11.6 Å². The third-order valence-corrected chi connectivity index (χ3v) is 9.59. The third-order valence-electron chi connectivity index (χ3n) is 9.40. The maximum absolute atomic E-state index is 15.2. The normalized spacial score (nSPS) is 28.6.